The van der Waals surface area contributed by atoms with E-state index in [1.165, 1.54) is 0 Å². The lowest BCUT2D eigenvalue weighted by Crippen LogP contribution is -2.48. The van der Waals surface area contributed by atoms with Crippen LogP contribution in [-0.4, -0.2) is 29.3 Å². The van der Waals surface area contributed by atoms with Gasteiger partial charge in [0.05, 0.1) is 6.42 Å². The van der Waals surface area contributed by atoms with Crippen molar-refractivity contribution >= 4 is 23.4 Å². The Morgan fingerprint density at radius 3 is 2.03 bits per heavy atom. The molecule has 3 aromatic rings. The predicted octanol–water partition coefficient (Wildman–Crippen LogP) is 4.66. The number of carbonyl (C=O) groups is 2. The Kier molecular flexibility index (Phi) is 8.25. The van der Waals surface area contributed by atoms with E-state index in [1.54, 1.807) is 24.0 Å². The van der Waals surface area contributed by atoms with Crippen LogP contribution in [0.25, 0.3) is 0 Å². The molecule has 0 fully saturated rings. The zero-order valence-electron chi connectivity index (χ0n) is 17.6. The molecule has 5 heteroatoms. The average molecular weight is 435 g/mol. The number of nitrogens with one attached hydrogen (secondary N) is 1. The molecule has 31 heavy (non-hydrogen) atoms. The average Bonchev–Trinajstić information content (AvgIpc) is 2.80. The summed E-state index contributed by atoms with van der Waals surface area (Å²) in [6.07, 6.45) is 0.961. The van der Waals surface area contributed by atoms with Crippen LogP contribution in [0.3, 0.4) is 0 Å². The molecule has 0 aliphatic rings. The predicted molar refractivity (Wildman–Crippen MR) is 125 cm³/mol. The maximum absolute atomic E-state index is 13.2. The van der Waals surface area contributed by atoms with Crippen molar-refractivity contribution in [1.29, 1.82) is 0 Å². The SMILES string of the molecule is C[C@H](C(=O)NCCc1ccccc1)N(Cc1ccccc1)C(=O)Cc1ccc(Cl)cc1. The van der Waals surface area contributed by atoms with E-state index in [-0.39, 0.29) is 18.2 Å². The van der Waals surface area contributed by atoms with Crippen molar-refractivity contribution in [3.8, 4) is 0 Å². The zero-order valence-corrected chi connectivity index (χ0v) is 18.4. The van der Waals surface area contributed by atoms with Crippen LogP contribution < -0.4 is 5.32 Å². The second kappa shape index (κ2) is 11.3. The highest BCUT2D eigenvalue weighted by atomic mass is 35.5. The summed E-state index contributed by atoms with van der Waals surface area (Å²) in [5, 5.41) is 3.60. The lowest BCUT2D eigenvalue weighted by Gasteiger charge is -2.29. The van der Waals surface area contributed by atoms with Gasteiger partial charge in [0, 0.05) is 18.1 Å². The van der Waals surface area contributed by atoms with E-state index in [0.717, 1.165) is 23.1 Å². The van der Waals surface area contributed by atoms with Crippen LogP contribution >= 0.6 is 11.6 Å². The quantitative estimate of drug-likeness (QED) is 0.532. The fourth-order valence-corrected chi connectivity index (χ4v) is 3.49. The lowest BCUT2D eigenvalue weighted by atomic mass is 10.1. The highest BCUT2D eigenvalue weighted by Gasteiger charge is 2.26. The summed E-state index contributed by atoms with van der Waals surface area (Å²) >= 11 is 5.95. The van der Waals surface area contributed by atoms with E-state index >= 15 is 0 Å². The van der Waals surface area contributed by atoms with Gasteiger partial charge >= 0.3 is 0 Å². The van der Waals surface area contributed by atoms with Crippen LogP contribution in [0.1, 0.15) is 23.6 Å². The minimum Gasteiger partial charge on any atom is -0.354 e. The molecule has 1 atom stereocenters. The molecule has 0 aliphatic heterocycles. The second-order valence-corrected chi connectivity index (χ2v) is 7.95. The third-order valence-electron chi connectivity index (χ3n) is 5.19. The summed E-state index contributed by atoms with van der Waals surface area (Å²) < 4.78 is 0. The van der Waals surface area contributed by atoms with Crippen LogP contribution in [0.5, 0.6) is 0 Å². The molecule has 0 aliphatic carbocycles. The van der Waals surface area contributed by atoms with Gasteiger partial charge in [-0.3, -0.25) is 9.59 Å². The van der Waals surface area contributed by atoms with Gasteiger partial charge < -0.3 is 10.2 Å². The molecule has 0 spiro atoms. The van der Waals surface area contributed by atoms with E-state index in [4.69, 9.17) is 11.6 Å². The smallest absolute Gasteiger partial charge is 0.242 e. The minimum atomic E-state index is -0.587. The molecule has 0 saturated heterocycles. The van der Waals surface area contributed by atoms with Gasteiger partial charge in [0.1, 0.15) is 6.04 Å². The number of hydrogen-bond acceptors (Lipinski definition) is 2. The Morgan fingerprint density at radius 1 is 0.839 bits per heavy atom. The number of halogens is 1. The van der Waals surface area contributed by atoms with Crippen molar-refractivity contribution in [3.05, 3.63) is 107 Å². The number of carbonyl (C=O) groups excluding carboxylic acids is 2. The molecule has 0 unspecified atom stereocenters. The van der Waals surface area contributed by atoms with Gasteiger partial charge in [-0.15, -0.1) is 0 Å². The van der Waals surface area contributed by atoms with Crippen molar-refractivity contribution in [1.82, 2.24) is 10.2 Å². The third kappa shape index (κ3) is 6.97. The molecule has 3 aromatic carbocycles. The molecule has 1 N–H and O–H groups in total. The summed E-state index contributed by atoms with van der Waals surface area (Å²) in [7, 11) is 0. The Bertz CT molecular complexity index is 975. The fourth-order valence-electron chi connectivity index (χ4n) is 3.36. The number of amides is 2. The molecule has 0 bridgehead atoms. The van der Waals surface area contributed by atoms with Crippen LogP contribution in [-0.2, 0) is 29.0 Å². The minimum absolute atomic E-state index is 0.100. The van der Waals surface area contributed by atoms with Crippen molar-refractivity contribution in [2.75, 3.05) is 6.54 Å². The molecule has 0 radical (unpaired) electrons. The summed E-state index contributed by atoms with van der Waals surface area (Å²) in [6.45, 7) is 2.68. The molecule has 0 heterocycles. The van der Waals surface area contributed by atoms with Crippen LogP contribution in [0.4, 0.5) is 0 Å². The van der Waals surface area contributed by atoms with Gasteiger partial charge in [-0.25, -0.2) is 0 Å². The highest BCUT2D eigenvalue weighted by molar-refractivity contribution is 6.30. The van der Waals surface area contributed by atoms with E-state index in [2.05, 4.69) is 5.32 Å². The summed E-state index contributed by atoms with van der Waals surface area (Å²) in [5.41, 5.74) is 3.01. The second-order valence-electron chi connectivity index (χ2n) is 7.51. The van der Waals surface area contributed by atoms with Crippen LogP contribution in [0, 0.1) is 0 Å². The maximum Gasteiger partial charge on any atom is 0.242 e. The molecule has 160 valence electrons. The largest absolute Gasteiger partial charge is 0.354 e. The molecular formula is C26H27ClN2O2. The first kappa shape index (κ1) is 22.6. The van der Waals surface area contributed by atoms with Crippen molar-refractivity contribution < 1.29 is 9.59 Å². The first-order chi connectivity index (χ1) is 15.0. The monoisotopic (exact) mass is 434 g/mol. The maximum atomic E-state index is 13.2. The number of nitrogens with zero attached hydrogens (tertiary/aromatic N) is 1. The Balaban J connectivity index is 1.67. The van der Waals surface area contributed by atoms with Crippen molar-refractivity contribution in [2.24, 2.45) is 0 Å². The number of benzene rings is 3. The van der Waals surface area contributed by atoms with Gasteiger partial charge in [0.25, 0.3) is 0 Å². The van der Waals surface area contributed by atoms with E-state index in [9.17, 15) is 9.59 Å². The Hall–Kier alpha value is -3.11. The normalized spacial score (nSPS) is 11.5. The lowest BCUT2D eigenvalue weighted by molar-refractivity contribution is -0.140. The van der Waals surface area contributed by atoms with Gasteiger partial charge in [-0.05, 0) is 42.2 Å². The highest BCUT2D eigenvalue weighted by Crippen LogP contribution is 2.14. The van der Waals surface area contributed by atoms with Gasteiger partial charge in [-0.2, -0.15) is 0 Å². The van der Waals surface area contributed by atoms with Gasteiger partial charge in [0.2, 0.25) is 11.8 Å². The molecule has 0 saturated carbocycles. The summed E-state index contributed by atoms with van der Waals surface area (Å²) in [6, 6.07) is 26.4. The van der Waals surface area contributed by atoms with Crippen LogP contribution in [0.2, 0.25) is 5.02 Å². The van der Waals surface area contributed by atoms with Gasteiger partial charge in [0.15, 0.2) is 0 Å². The topological polar surface area (TPSA) is 49.4 Å². The molecule has 0 aromatic heterocycles. The summed E-state index contributed by atoms with van der Waals surface area (Å²) in [4.78, 5) is 27.6. The third-order valence-corrected chi connectivity index (χ3v) is 5.44. The van der Waals surface area contributed by atoms with Crippen LogP contribution in [0.15, 0.2) is 84.9 Å². The number of rotatable bonds is 9. The standard InChI is InChI=1S/C26H27ClN2O2/c1-20(26(31)28-17-16-21-8-4-2-5-9-21)29(19-23-10-6-3-7-11-23)25(30)18-22-12-14-24(27)15-13-22/h2-15,20H,16-19H2,1H3,(H,28,31)/t20-/m1/s1. The Morgan fingerprint density at radius 2 is 1.42 bits per heavy atom. The fraction of sp³-hybridized carbons (Fsp3) is 0.231. The number of hydrogen-bond donors (Lipinski definition) is 1. The van der Waals surface area contributed by atoms with Crippen molar-refractivity contribution in [2.45, 2.75) is 32.4 Å². The molecule has 2 amide bonds. The first-order valence-corrected chi connectivity index (χ1v) is 10.8. The zero-order chi connectivity index (χ0) is 22.1. The molecule has 3 rings (SSSR count). The van der Waals surface area contributed by atoms with Gasteiger partial charge in [-0.1, -0.05) is 84.4 Å². The van der Waals surface area contributed by atoms with E-state index in [1.807, 2.05) is 72.8 Å². The molecule has 4 nitrogen and oxygen atoms in total. The van der Waals surface area contributed by atoms with E-state index < -0.39 is 6.04 Å². The van der Waals surface area contributed by atoms with E-state index in [0.29, 0.717) is 18.1 Å². The van der Waals surface area contributed by atoms with Crippen molar-refractivity contribution in [3.63, 3.8) is 0 Å². The molecular weight excluding hydrogens is 408 g/mol. The summed E-state index contributed by atoms with van der Waals surface area (Å²) in [5.74, 6) is -0.256. The first-order valence-electron chi connectivity index (χ1n) is 10.4. The Labute approximate surface area is 188 Å².